The fourth-order valence-corrected chi connectivity index (χ4v) is 5.27. The third-order valence-corrected chi connectivity index (χ3v) is 7.63. The van der Waals surface area contributed by atoms with Crippen LogP contribution < -0.4 is 4.74 Å². The van der Waals surface area contributed by atoms with Gasteiger partial charge in [0.25, 0.3) is 0 Å². The van der Waals surface area contributed by atoms with Gasteiger partial charge in [0.15, 0.2) is 0 Å². The van der Waals surface area contributed by atoms with Gasteiger partial charge in [-0.2, -0.15) is 0 Å². The molecule has 0 unspecified atom stereocenters. The Bertz CT molecular complexity index is 1290. The van der Waals surface area contributed by atoms with Crippen molar-refractivity contribution in [3.8, 4) is 17.1 Å². The average Bonchev–Trinajstić information content (AvgIpc) is 3.24. The lowest BCUT2D eigenvalue weighted by Crippen LogP contribution is -2.07. The van der Waals surface area contributed by atoms with Crippen LogP contribution in [0.3, 0.4) is 0 Å². The molecule has 0 aliphatic heterocycles. The molecule has 0 saturated heterocycles. The molecule has 0 bridgehead atoms. The number of fused-ring (bicyclic) bond motifs is 1. The summed E-state index contributed by atoms with van der Waals surface area (Å²) in [7, 11) is 3.44. The highest BCUT2D eigenvalue weighted by atomic mass is 79.9. The summed E-state index contributed by atoms with van der Waals surface area (Å²) in [5.74, 6) is 2.19. The summed E-state index contributed by atoms with van der Waals surface area (Å²) < 4.78 is 14.5. The molecule has 178 valence electrons. The van der Waals surface area contributed by atoms with E-state index in [1.54, 1.807) is 26.0 Å². The van der Waals surface area contributed by atoms with Crippen LogP contribution in [0.4, 0.5) is 0 Å². The van der Waals surface area contributed by atoms with Crippen molar-refractivity contribution in [2.24, 2.45) is 0 Å². The van der Waals surface area contributed by atoms with E-state index in [9.17, 15) is 0 Å². The summed E-state index contributed by atoms with van der Waals surface area (Å²) in [6.45, 7) is 5.67. The summed E-state index contributed by atoms with van der Waals surface area (Å²) in [5, 5.41) is 1.03. The Balaban J connectivity index is 1.89. The van der Waals surface area contributed by atoms with E-state index in [-0.39, 0.29) is 0 Å². The molecular formula is C27H30BrN3O2S. The summed E-state index contributed by atoms with van der Waals surface area (Å²) >= 11 is 5.54. The van der Waals surface area contributed by atoms with Crippen molar-refractivity contribution in [3.63, 3.8) is 0 Å². The first-order chi connectivity index (χ1) is 16.5. The van der Waals surface area contributed by atoms with Gasteiger partial charge in [0.05, 0.1) is 18.7 Å². The van der Waals surface area contributed by atoms with Gasteiger partial charge in [0.1, 0.15) is 22.6 Å². The lowest BCUT2D eigenvalue weighted by Gasteiger charge is -2.14. The minimum Gasteiger partial charge on any atom is -0.494 e. The van der Waals surface area contributed by atoms with Crippen molar-refractivity contribution >= 4 is 38.7 Å². The zero-order chi connectivity index (χ0) is 24.2. The van der Waals surface area contributed by atoms with Crippen LogP contribution in [0.5, 0.6) is 5.75 Å². The Morgan fingerprint density at radius 2 is 1.85 bits per heavy atom. The molecule has 0 saturated carbocycles. The van der Waals surface area contributed by atoms with Gasteiger partial charge in [-0.15, -0.1) is 11.8 Å². The Kier molecular flexibility index (Phi) is 7.96. The number of pyridine rings is 1. The maximum Gasteiger partial charge on any atom is 0.145 e. The van der Waals surface area contributed by atoms with E-state index in [4.69, 9.17) is 14.5 Å². The number of rotatable bonds is 9. The SMILES string of the molecule is COCCn1c(-c2ccc(C(C)C)cc2)nc2c(Br)c(Cc3cccnc3SC)cc(OC)c21. The number of thioether (sulfide) groups is 1. The number of halogens is 1. The van der Waals surface area contributed by atoms with Crippen molar-refractivity contribution in [3.05, 3.63) is 69.8 Å². The molecule has 2 heterocycles. The summed E-state index contributed by atoms with van der Waals surface area (Å²) in [6.07, 6.45) is 4.63. The number of imidazole rings is 1. The highest BCUT2D eigenvalue weighted by molar-refractivity contribution is 9.10. The molecule has 2 aromatic carbocycles. The predicted molar refractivity (Wildman–Crippen MR) is 144 cm³/mol. The number of nitrogens with zero attached hydrogens (tertiary/aromatic N) is 3. The summed E-state index contributed by atoms with van der Waals surface area (Å²) in [4.78, 5) is 9.64. The first-order valence-electron chi connectivity index (χ1n) is 11.3. The highest BCUT2D eigenvalue weighted by Crippen LogP contribution is 2.39. The molecule has 0 aliphatic rings. The van der Waals surface area contributed by atoms with E-state index in [0.717, 1.165) is 49.7 Å². The van der Waals surface area contributed by atoms with Crippen LogP contribution >= 0.6 is 27.7 Å². The van der Waals surface area contributed by atoms with E-state index in [0.29, 0.717) is 19.1 Å². The molecule has 0 aliphatic carbocycles. The maximum absolute atomic E-state index is 5.89. The number of methoxy groups -OCH3 is 2. The standard InChI is InChI=1S/C27H30BrN3O2S/c1-17(2)18-8-10-19(11-9-18)26-30-24-23(28)21(15-20-7-6-12-29-27(20)34-5)16-22(33-4)25(24)31(26)13-14-32-3/h6-12,16-17H,13-15H2,1-5H3. The van der Waals surface area contributed by atoms with Crippen LogP contribution in [0, 0.1) is 0 Å². The van der Waals surface area contributed by atoms with E-state index >= 15 is 0 Å². The first-order valence-corrected chi connectivity index (χ1v) is 13.3. The lowest BCUT2D eigenvalue weighted by molar-refractivity contribution is 0.188. The number of hydrogen-bond acceptors (Lipinski definition) is 5. The second-order valence-corrected chi connectivity index (χ2v) is 10.0. The molecule has 0 atom stereocenters. The molecule has 34 heavy (non-hydrogen) atoms. The number of hydrogen-bond donors (Lipinski definition) is 0. The van der Waals surface area contributed by atoms with E-state index in [1.165, 1.54) is 11.1 Å². The maximum atomic E-state index is 5.89. The molecule has 0 N–H and O–H groups in total. The lowest BCUT2D eigenvalue weighted by atomic mass is 10.0. The van der Waals surface area contributed by atoms with Gasteiger partial charge in [0, 0.05) is 36.3 Å². The Morgan fingerprint density at radius 1 is 1.09 bits per heavy atom. The fraction of sp³-hybridized carbons (Fsp3) is 0.333. The van der Waals surface area contributed by atoms with Crippen molar-refractivity contribution in [1.29, 1.82) is 0 Å². The third-order valence-electron chi connectivity index (χ3n) is 5.99. The first kappa shape index (κ1) is 24.8. The third kappa shape index (κ3) is 4.88. The van der Waals surface area contributed by atoms with Gasteiger partial charge in [-0.05, 0) is 56.9 Å². The van der Waals surface area contributed by atoms with E-state index < -0.39 is 0 Å². The van der Waals surface area contributed by atoms with Crippen LogP contribution in [0.2, 0.25) is 0 Å². The molecule has 4 aromatic rings. The monoisotopic (exact) mass is 539 g/mol. The van der Waals surface area contributed by atoms with Gasteiger partial charge >= 0.3 is 0 Å². The van der Waals surface area contributed by atoms with Crippen molar-refractivity contribution in [2.75, 3.05) is 27.1 Å². The van der Waals surface area contributed by atoms with E-state index in [2.05, 4.69) is 82.0 Å². The topological polar surface area (TPSA) is 49.2 Å². The molecule has 0 radical (unpaired) electrons. The predicted octanol–water partition coefficient (Wildman–Crippen LogP) is 6.95. The van der Waals surface area contributed by atoms with Crippen molar-refractivity contribution in [2.45, 2.75) is 37.8 Å². The molecule has 7 heteroatoms. The van der Waals surface area contributed by atoms with Gasteiger partial charge < -0.3 is 14.0 Å². The second-order valence-electron chi connectivity index (χ2n) is 8.45. The minimum atomic E-state index is 0.483. The summed E-state index contributed by atoms with van der Waals surface area (Å²) in [6, 6.07) is 14.9. The van der Waals surface area contributed by atoms with Crippen LogP contribution in [-0.4, -0.2) is 41.6 Å². The van der Waals surface area contributed by atoms with Crippen LogP contribution in [0.1, 0.15) is 36.5 Å². The smallest absolute Gasteiger partial charge is 0.145 e. The van der Waals surface area contributed by atoms with Crippen molar-refractivity contribution < 1.29 is 9.47 Å². The molecule has 5 nitrogen and oxygen atoms in total. The molecule has 0 spiro atoms. The molecule has 0 fully saturated rings. The van der Waals surface area contributed by atoms with Crippen LogP contribution in [-0.2, 0) is 17.7 Å². The average molecular weight is 541 g/mol. The normalized spacial score (nSPS) is 11.5. The second kappa shape index (κ2) is 10.9. The quantitative estimate of drug-likeness (QED) is 0.215. The molecule has 4 rings (SSSR count). The minimum absolute atomic E-state index is 0.483. The number of aromatic nitrogens is 3. The van der Waals surface area contributed by atoms with Gasteiger partial charge in [-0.1, -0.05) is 44.2 Å². The molecular weight excluding hydrogens is 510 g/mol. The fourth-order valence-electron chi connectivity index (χ4n) is 4.17. The van der Waals surface area contributed by atoms with Gasteiger partial charge in [-0.25, -0.2) is 9.97 Å². The Labute approximate surface area is 214 Å². The summed E-state index contributed by atoms with van der Waals surface area (Å²) in [5.41, 5.74) is 6.54. The van der Waals surface area contributed by atoms with Gasteiger partial charge in [0.2, 0.25) is 0 Å². The Morgan fingerprint density at radius 3 is 2.50 bits per heavy atom. The molecule has 2 aromatic heterocycles. The Hall–Kier alpha value is -2.35. The van der Waals surface area contributed by atoms with Gasteiger partial charge in [-0.3, -0.25) is 0 Å². The molecule has 0 amide bonds. The van der Waals surface area contributed by atoms with Crippen molar-refractivity contribution in [1.82, 2.24) is 14.5 Å². The number of benzene rings is 2. The zero-order valence-corrected chi connectivity index (χ0v) is 22.7. The largest absolute Gasteiger partial charge is 0.494 e. The zero-order valence-electron chi connectivity index (χ0n) is 20.3. The number of ether oxygens (including phenoxy) is 2. The van der Waals surface area contributed by atoms with Crippen LogP contribution in [0.25, 0.3) is 22.4 Å². The van der Waals surface area contributed by atoms with E-state index in [1.807, 2.05) is 12.3 Å². The van der Waals surface area contributed by atoms with Crippen LogP contribution in [0.15, 0.2) is 58.2 Å². The highest BCUT2D eigenvalue weighted by Gasteiger charge is 2.22.